The van der Waals surface area contributed by atoms with Crippen molar-refractivity contribution in [3.8, 4) is 0 Å². The Morgan fingerprint density at radius 3 is 2.83 bits per heavy atom. The fourth-order valence-corrected chi connectivity index (χ4v) is 2.11. The third kappa shape index (κ3) is 2.95. The predicted molar refractivity (Wildman–Crippen MR) is 74.2 cm³/mol. The Hall–Kier alpha value is -0.810. The number of H-pyrrole nitrogens is 1. The average Bonchev–Trinajstić information content (AvgIpc) is 2.73. The molecule has 18 heavy (non-hydrogen) atoms. The molecule has 2 rings (SSSR count). The van der Waals surface area contributed by atoms with E-state index in [0.717, 1.165) is 29.7 Å². The van der Waals surface area contributed by atoms with Crippen LogP contribution < -0.4 is 5.73 Å². The van der Waals surface area contributed by atoms with E-state index in [1.165, 1.54) is 0 Å². The van der Waals surface area contributed by atoms with Crippen molar-refractivity contribution in [1.29, 1.82) is 0 Å². The van der Waals surface area contributed by atoms with E-state index < -0.39 is 0 Å². The molecule has 2 aromatic rings. The first kappa shape index (κ1) is 13.6. The monoisotopic (exact) mass is 287 g/mol. The summed E-state index contributed by atoms with van der Waals surface area (Å²) in [6, 6.07) is 3.36. The fraction of sp³-hybridized carbons (Fsp3) is 0.417. The minimum Gasteiger partial charge on any atom is -0.385 e. The van der Waals surface area contributed by atoms with E-state index in [2.05, 4.69) is 9.97 Å². The topological polar surface area (TPSA) is 63.9 Å². The second-order valence-corrected chi connectivity index (χ2v) is 4.96. The number of hydrogen-bond acceptors (Lipinski definition) is 3. The van der Waals surface area contributed by atoms with E-state index in [4.69, 9.17) is 33.7 Å². The summed E-state index contributed by atoms with van der Waals surface area (Å²) < 4.78 is 5.00. The third-order valence-electron chi connectivity index (χ3n) is 2.76. The van der Waals surface area contributed by atoms with Gasteiger partial charge in [-0.05, 0) is 25.0 Å². The molecular weight excluding hydrogens is 273 g/mol. The van der Waals surface area contributed by atoms with Crippen LogP contribution in [0.4, 0.5) is 0 Å². The number of halogens is 2. The number of methoxy groups -OCH3 is 1. The van der Waals surface area contributed by atoms with Gasteiger partial charge in [0.1, 0.15) is 5.82 Å². The SMILES string of the molecule is COCCCC(N)c1nc2cc(Cl)c(Cl)cc2[nH]1. The van der Waals surface area contributed by atoms with Crippen LogP contribution in [0.15, 0.2) is 12.1 Å². The number of aromatic amines is 1. The van der Waals surface area contributed by atoms with Gasteiger partial charge in [0.05, 0.1) is 27.1 Å². The Morgan fingerprint density at radius 2 is 2.11 bits per heavy atom. The number of imidazole rings is 1. The van der Waals surface area contributed by atoms with E-state index in [0.29, 0.717) is 16.7 Å². The Morgan fingerprint density at radius 1 is 1.39 bits per heavy atom. The molecule has 1 aromatic heterocycles. The molecule has 1 atom stereocenters. The minimum atomic E-state index is -0.134. The number of rotatable bonds is 5. The number of nitrogens with two attached hydrogens (primary N) is 1. The summed E-state index contributed by atoms with van der Waals surface area (Å²) in [6.45, 7) is 0.700. The van der Waals surface area contributed by atoms with Crippen LogP contribution in [0.2, 0.25) is 10.0 Å². The Balaban J connectivity index is 2.19. The molecule has 0 aliphatic rings. The summed E-state index contributed by atoms with van der Waals surface area (Å²) in [7, 11) is 1.68. The van der Waals surface area contributed by atoms with Crippen LogP contribution in [0.1, 0.15) is 24.7 Å². The van der Waals surface area contributed by atoms with Gasteiger partial charge in [0, 0.05) is 13.7 Å². The van der Waals surface area contributed by atoms with Crippen molar-refractivity contribution in [3.63, 3.8) is 0 Å². The largest absolute Gasteiger partial charge is 0.385 e. The van der Waals surface area contributed by atoms with Crippen LogP contribution in [0.25, 0.3) is 11.0 Å². The van der Waals surface area contributed by atoms with Gasteiger partial charge in [-0.1, -0.05) is 23.2 Å². The van der Waals surface area contributed by atoms with Crippen molar-refractivity contribution in [1.82, 2.24) is 9.97 Å². The summed E-state index contributed by atoms with van der Waals surface area (Å²) >= 11 is 11.9. The van der Waals surface area contributed by atoms with E-state index >= 15 is 0 Å². The van der Waals surface area contributed by atoms with Crippen LogP contribution in [0.5, 0.6) is 0 Å². The van der Waals surface area contributed by atoms with E-state index in [1.807, 2.05) is 0 Å². The summed E-state index contributed by atoms with van der Waals surface area (Å²) in [4.78, 5) is 7.60. The van der Waals surface area contributed by atoms with Gasteiger partial charge in [-0.3, -0.25) is 0 Å². The summed E-state index contributed by atoms with van der Waals surface area (Å²) in [5, 5.41) is 1.00. The van der Waals surface area contributed by atoms with Gasteiger partial charge >= 0.3 is 0 Å². The first-order chi connectivity index (χ1) is 8.61. The molecule has 3 N–H and O–H groups in total. The van der Waals surface area contributed by atoms with Crippen molar-refractivity contribution < 1.29 is 4.74 Å². The molecule has 0 fully saturated rings. The molecule has 1 aromatic carbocycles. The molecule has 0 radical (unpaired) electrons. The molecule has 0 aliphatic heterocycles. The van der Waals surface area contributed by atoms with Crippen LogP contribution >= 0.6 is 23.2 Å². The van der Waals surface area contributed by atoms with Crippen molar-refractivity contribution >= 4 is 34.2 Å². The summed E-state index contributed by atoms with van der Waals surface area (Å²) in [6.07, 6.45) is 1.71. The van der Waals surface area contributed by atoms with Gasteiger partial charge in [0.2, 0.25) is 0 Å². The number of ether oxygens (including phenoxy) is 1. The molecule has 0 saturated heterocycles. The predicted octanol–water partition coefficient (Wildman–Crippen LogP) is 3.30. The van der Waals surface area contributed by atoms with Gasteiger partial charge in [0.25, 0.3) is 0 Å². The van der Waals surface area contributed by atoms with E-state index in [9.17, 15) is 0 Å². The highest BCUT2D eigenvalue weighted by molar-refractivity contribution is 6.42. The lowest BCUT2D eigenvalue weighted by molar-refractivity contribution is 0.190. The number of benzene rings is 1. The molecule has 0 amide bonds. The Bertz CT molecular complexity index is 502. The highest BCUT2D eigenvalue weighted by Crippen LogP contribution is 2.27. The van der Waals surface area contributed by atoms with Crippen LogP contribution in [0.3, 0.4) is 0 Å². The highest BCUT2D eigenvalue weighted by atomic mass is 35.5. The highest BCUT2D eigenvalue weighted by Gasteiger charge is 2.12. The van der Waals surface area contributed by atoms with Crippen molar-refractivity contribution in [2.45, 2.75) is 18.9 Å². The molecule has 1 unspecified atom stereocenters. The van der Waals surface area contributed by atoms with Gasteiger partial charge in [0.15, 0.2) is 0 Å². The number of fused-ring (bicyclic) bond motifs is 1. The zero-order valence-corrected chi connectivity index (χ0v) is 11.6. The second-order valence-electron chi connectivity index (χ2n) is 4.15. The molecule has 0 saturated carbocycles. The molecule has 0 spiro atoms. The maximum absolute atomic E-state index is 6.06. The number of hydrogen-bond donors (Lipinski definition) is 2. The smallest absolute Gasteiger partial charge is 0.124 e. The number of aromatic nitrogens is 2. The quantitative estimate of drug-likeness (QED) is 0.830. The van der Waals surface area contributed by atoms with Gasteiger partial charge in [-0.25, -0.2) is 4.98 Å². The first-order valence-corrected chi connectivity index (χ1v) is 6.46. The van der Waals surface area contributed by atoms with Crippen molar-refractivity contribution in [2.24, 2.45) is 5.73 Å². The number of nitrogens with zero attached hydrogens (tertiary/aromatic N) is 1. The van der Waals surface area contributed by atoms with Gasteiger partial charge in [-0.2, -0.15) is 0 Å². The first-order valence-electron chi connectivity index (χ1n) is 5.71. The zero-order valence-electron chi connectivity index (χ0n) is 10.0. The molecule has 0 aliphatic carbocycles. The summed E-state index contributed by atoms with van der Waals surface area (Å²) in [5.74, 6) is 0.749. The maximum atomic E-state index is 6.06. The Labute approximate surface area is 115 Å². The standard InChI is InChI=1S/C12H15Cl2N3O/c1-18-4-2-3-9(15)12-16-10-5-7(13)8(14)6-11(10)17-12/h5-6,9H,2-4,15H2,1H3,(H,16,17). The maximum Gasteiger partial charge on any atom is 0.124 e. The van der Waals surface area contributed by atoms with Crippen molar-refractivity contribution in [2.75, 3.05) is 13.7 Å². The van der Waals surface area contributed by atoms with Gasteiger partial charge < -0.3 is 15.5 Å². The van der Waals surface area contributed by atoms with Crippen LogP contribution in [-0.2, 0) is 4.74 Å². The number of nitrogens with one attached hydrogen (secondary N) is 1. The second kappa shape index (κ2) is 5.89. The van der Waals surface area contributed by atoms with E-state index in [1.54, 1.807) is 19.2 Å². The summed E-state index contributed by atoms with van der Waals surface area (Å²) in [5.41, 5.74) is 7.69. The normalized spacial score (nSPS) is 13.1. The lowest BCUT2D eigenvalue weighted by atomic mass is 10.1. The van der Waals surface area contributed by atoms with Crippen LogP contribution in [0, 0.1) is 0 Å². The van der Waals surface area contributed by atoms with Crippen LogP contribution in [-0.4, -0.2) is 23.7 Å². The molecule has 6 heteroatoms. The Kier molecular flexibility index (Phi) is 4.45. The lowest BCUT2D eigenvalue weighted by Gasteiger charge is -2.07. The molecule has 1 heterocycles. The zero-order chi connectivity index (χ0) is 13.1. The molecule has 98 valence electrons. The lowest BCUT2D eigenvalue weighted by Crippen LogP contribution is -2.12. The third-order valence-corrected chi connectivity index (χ3v) is 3.48. The fourth-order valence-electron chi connectivity index (χ4n) is 1.78. The van der Waals surface area contributed by atoms with Gasteiger partial charge in [-0.15, -0.1) is 0 Å². The van der Waals surface area contributed by atoms with E-state index in [-0.39, 0.29) is 6.04 Å². The molecule has 0 bridgehead atoms. The molecule has 4 nitrogen and oxygen atoms in total. The minimum absolute atomic E-state index is 0.134. The average molecular weight is 288 g/mol. The molecular formula is C12H15Cl2N3O. The van der Waals surface area contributed by atoms with Crippen molar-refractivity contribution in [3.05, 3.63) is 28.0 Å².